The van der Waals surface area contributed by atoms with Crippen molar-refractivity contribution in [3.05, 3.63) is 78.5 Å². The SMILES string of the molecule is Cc1cc(N2CCN(c3ccccc3)CC2)n2nc(-c3ccccc3)cc2n1. The fourth-order valence-corrected chi connectivity index (χ4v) is 3.89. The summed E-state index contributed by atoms with van der Waals surface area (Å²) in [6.45, 7) is 5.99. The van der Waals surface area contributed by atoms with Crippen molar-refractivity contribution in [1.82, 2.24) is 14.6 Å². The Labute approximate surface area is 164 Å². The summed E-state index contributed by atoms with van der Waals surface area (Å²) in [6.07, 6.45) is 0. The average molecular weight is 369 g/mol. The lowest BCUT2D eigenvalue weighted by molar-refractivity contribution is 0.638. The van der Waals surface area contributed by atoms with Gasteiger partial charge in [-0.25, -0.2) is 4.98 Å². The second-order valence-electron chi connectivity index (χ2n) is 7.23. The molecule has 5 rings (SSSR count). The largest absolute Gasteiger partial charge is 0.368 e. The summed E-state index contributed by atoms with van der Waals surface area (Å²) in [5.41, 5.74) is 5.30. The maximum Gasteiger partial charge on any atom is 0.158 e. The number of hydrogen-bond donors (Lipinski definition) is 0. The highest BCUT2D eigenvalue weighted by atomic mass is 15.4. The van der Waals surface area contributed by atoms with Gasteiger partial charge < -0.3 is 9.80 Å². The molecule has 0 spiro atoms. The van der Waals surface area contributed by atoms with Crippen LogP contribution in [0.1, 0.15) is 5.69 Å². The van der Waals surface area contributed by atoms with Gasteiger partial charge in [-0.1, -0.05) is 48.5 Å². The molecule has 3 heterocycles. The smallest absolute Gasteiger partial charge is 0.158 e. The minimum Gasteiger partial charge on any atom is -0.368 e. The number of benzene rings is 2. The van der Waals surface area contributed by atoms with Gasteiger partial charge in [0.25, 0.3) is 0 Å². The number of hydrogen-bond acceptors (Lipinski definition) is 4. The number of rotatable bonds is 3. The molecule has 1 aliphatic rings. The molecule has 0 saturated carbocycles. The fourth-order valence-electron chi connectivity index (χ4n) is 3.89. The van der Waals surface area contributed by atoms with Crippen molar-refractivity contribution in [2.45, 2.75) is 6.92 Å². The normalized spacial score (nSPS) is 14.6. The van der Waals surface area contributed by atoms with Gasteiger partial charge in [0.05, 0.1) is 5.69 Å². The fraction of sp³-hybridized carbons (Fsp3) is 0.217. The summed E-state index contributed by atoms with van der Waals surface area (Å²) >= 11 is 0. The van der Waals surface area contributed by atoms with Crippen LogP contribution in [0.5, 0.6) is 0 Å². The highest BCUT2D eigenvalue weighted by Gasteiger charge is 2.21. The average Bonchev–Trinajstić information content (AvgIpc) is 3.18. The molecule has 0 unspecified atom stereocenters. The van der Waals surface area contributed by atoms with Gasteiger partial charge in [-0.3, -0.25) is 0 Å². The number of piperazine rings is 1. The Balaban J connectivity index is 1.45. The van der Waals surface area contributed by atoms with Gasteiger partial charge in [0.2, 0.25) is 0 Å². The third-order valence-corrected chi connectivity index (χ3v) is 5.33. The zero-order valence-corrected chi connectivity index (χ0v) is 16.0. The van der Waals surface area contributed by atoms with E-state index in [0.717, 1.165) is 54.6 Å². The van der Waals surface area contributed by atoms with Crippen molar-refractivity contribution in [1.29, 1.82) is 0 Å². The van der Waals surface area contributed by atoms with E-state index in [2.05, 4.69) is 71.3 Å². The van der Waals surface area contributed by atoms with Gasteiger partial charge in [0.1, 0.15) is 5.82 Å². The van der Waals surface area contributed by atoms with Crippen LogP contribution in [0.15, 0.2) is 72.8 Å². The molecule has 1 aliphatic heterocycles. The van der Waals surface area contributed by atoms with Gasteiger partial charge in [-0.2, -0.15) is 9.61 Å². The molecule has 1 saturated heterocycles. The van der Waals surface area contributed by atoms with Crippen molar-refractivity contribution >= 4 is 17.2 Å². The van der Waals surface area contributed by atoms with Crippen LogP contribution in [-0.2, 0) is 0 Å². The van der Waals surface area contributed by atoms with Crippen LogP contribution in [0, 0.1) is 6.92 Å². The first kappa shape index (κ1) is 16.8. The lowest BCUT2D eigenvalue weighted by Crippen LogP contribution is -2.47. The van der Waals surface area contributed by atoms with Crippen LogP contribution in [0.3, 0.4) is 0 Å². The van der Waals surface area contributed by atoms with Crippen molar-refractivity contribution in [2.24, 2.45) is 0 Å². The van der Waals surface area contributed by atoms with Crippen LogP contribution in [0.2, 0.25) is 0 Å². The zero-order valence-electron chi connectivity index (χ0n) is 16.0. The first-order valence-corrected chi connectivity index (χ1v) is 9.76. The molecule has 2 aromatic heterocycles. The molecule has 140 valence electrons. The first-order chi connectivity index (χ1) is 13.8. The van der Waals surface area contributed by atoms with Crippen LogP contribution in [0.25, 0.3) is 16.9 Å². The molecule has 1 fully saturated rings. The second-order valence-corrected chi connectivity index (χ2v) is 7.23. The van der Waals surface area contributed by atoms with Crippen molar-refractivity contribution in [2.75, 3.05) is 36.0 Å². The topological polar surface area (TPSA) is 36.7 Å². The van der Waals surface area contributed by atoms with E-state index in [1.807, 2.05) is 22.7 Å². The van der Waals surface area contributed by atoms with Gasteiger partial charge in [0, 0.05) is 55.3 Å². The van der Waals surface area contributed by atoms with E-state index in [1.54, 1.807) is 0 Å². The van der Waals surface area contributed by atoms with Crippen LogP contribution >= 0.6 is 0 Å². The van der Waals surface area contributed by atoms with E-state index in [-0.39, 0.29) is 0 Å². The van der Waals surface area contributed by atoms with Gasteiger partial charge >= 0.3 is 0 Å². The maximum atomic E-state index is 4.88. The van der Waals surface area contributed by atoms with E-state index in [0.29, 0.717) is 0 Å². The molecular formula is C23H23N5. The number of para-hydroxylation sites is 1. The summed E-state index contributed by atoms with van der Waals surface area (Å²) in [5.74, 6) is 1.12. The van der Waals surface area contributed by atoms with Crippen LogP contribution in [0.4, 0.5) is 11.5 Å². The molecule has 0 atom stereocenters. The molecule has 0 radical (unpaired) electrons. The van der Waals surface area contributed by atoms with Crippen LogP contribution in [-0.4, -0.2) is 40.8 Å². The molecule has 0 N–H and O–H groups in total. The Morgan fingerprint density at radius 3 is 2.11 bits per heavy atom. The monoisotopic (exact) mass is 369 g/mol. The Hall–Kier alpha value is -3.34. The molecular weight excluding hydrogens is 346 g/mol. The van der Waals surface area contributed by atoms with Crippen molar-refractivity contribution < 1.29 is 0 Å². The summed E-state index contributed by atoms with van der Waals surface area (Å²) in [6, 6.07) is 25.2. The number of anilines is 2. The molecule has 5 nitrogen and oxygen atoms in total. The number of nitrogens with zero attached hydrogens (tertiary/aromatic N) is 5. The quantitative estimate of drug-likeness (QED) is 0.546. The molecule has 0 aliphatic carbocycles. The van der Waals surface area contributed by atoms with Crippen molar-refractivity contribution in [3.63, 3.8) is 0 Å². The molecule has 5 heteroatoms. The Bertz CT molecular complexity index is 1080. The van der Waals surface area contributed by atoms with E-state index in [1.165, 1.54) is 5.69 Å². The highest BCUT2D eigenvalue weighted by Crippen LogP contribution is 2.25. The molecule has 28 heavy (non-hydrogen) atoms. The molecule has 0 amide bonds. The predicted molar refractivity (Wildman–Crippen MR) is 114 cm³/mol. The Morgan fingerprint density at radius 1 is 0.750 bits per heavy atom. The van der Waals surface area contributed by atoms with Crippen molar-refractivity contribution in [3.8, 4) is 11.3 Å². The minimum absolute atomic E-state index is 0.902. The minimum atomic E-state index is 0.902. The first-order valence-electron chi connectivity index (χ1n) is 9.76. The van der Waals surface area contributed by atoms with E-state index >= 15 is 0 Å². The van der Waals surface area contributed by atoms with Gasteiger partial charge in [0.15, 0.2) is 5.65 Å². The molecule has 2 aromatic carbocycles. The number of fused-ring (bicyclic) bond motifs is 1. The van der Waals surface area contributed by atoms with Gasteiger partial charge in [-0.05, 0) is 19.1 Å². The number of aromatic nitrogens is 3. The summed E-state index contributed by atoms with van der Waals surface area (Å²) in [4.78, 5) is 9.57. The third kappa shape index (κ3) is 3.09. The standard InChI is InChI=1S/C23H23N5/c1-18-16-23(27-14-12-26(13-15-27)20-10-6-3-7-11-20)28-22(24-18)17-21(25-28)19-8-4-2-5-9-19/h2-11,16-17H,12-15H2,1H3. The summed E-state index contributed by atoms with van der Waals surface area (Å²) in [7, 11) is 0. The van der Waals surface area contributed by atoms with E-state index < -0.39 is 0 Å². The zero-order chi connectivity index (χ0) is 18.9. The third-order valence-electron chi connectivity index (χ3n) is 5.33. The van der Waals surface area contributed by atoms with E-state index in [9.17, 15) is 0 Å². The predicted octanol–water partition coefficient (Wildman–Crippen LogP) is 4.03. The Kier molecular flexibility index (Phi) is 4.20. The van der Waals surface area contributed by atoms with Crippen LogP contribution < -0.4 is 9.80 Å². The lowest BCUT2D eigenvalue weighted by Gasteiger charge is -2.37. The Morgan fingerprint density at radius 2 is 1.39 bits per heavy atom. The number of aryl methyl sites for hydroxylation is 1. The second kappa shape index (κ2) is 7.00. The molecule has 0 bridgehead atoms. The molecule has 4 aromatic rings. The summed E-state index contributed by atoms with van der Waals surface area (Å²) < 4.78 is 1.99. The highest BCUT2D eigenvalue weighted by molar-refractivity contribution is 5.66. The van der Waals surface area contributed by atoms with E-state index in [4.69, 9.17) is 10.1 Å². The lowest BCUT2D eigenvalue weighted by atomic mass is 10.2. The van der Waals surface area contributed by atoms with Gasteiger partial charge in [-0.15, -0.1) is 0 Å². The summed E-state index contributed by atoms with van der Waals surface area (Å²) in [5, 5.41) is 4.88. The maximum absolute atomic E-state index is 4.88.